The summed E-state index contributed by atoms with van der Waals surface area (Å²) in [5.74, 6) is 0. The molecule has 30 heavy (non-hydrogen) atoms. The van der Waals surface area contributed by atoms with Crippen molar-refractivity contribution in [3.8, 4) is 22.3 Å². The molecule has 0 unspecified atom stereocenters. The molecule has 0 saturated heterocycles. The van der Waals surface area contributed by atoms with Gasteiger partial charge in [0.1, 0.15) is 0 Å². The molecule has 0 aromatic heterocycles. The van der Waals surface area contributed by atoms with Crippen LogP contribution in [0.2, 0.25) is 0 Å². The normalized spacial score (nSPS) is 13.7. The van der Waals surface area contributed by atoms with Gasteiger partial charge in [0, 0.05) is 0 Å². The van der Waals surface area contributed by atoms with Crippen molar-refractivity contribution in [2.75, 3.05) is 0 Å². The topological polar surface area (TPSA) is 0 Å². The van der Waals surface area contributed by atoms with E-state index in [0.29, 0.717) is 0 Å². The standard InChI is InChI=1S/C30H18/c1-3-10-23-17(6-1)12-21-14-22-13-18-7-2-4-11-24(18)26-16-20-9-5-8-19-15-25(23)28(21)30(27(19)20)29(22)26/h1-11,14-16H,12-13H2. The van der Waals surface area contributed by atoms with Gasteiger partial charge in [-0.15, -0.1) is 0 Å². The maximum absolute atomic E-state index is 2.51. The summed E-state index contributed by atoms with van der Waals surface area (Å²) in [7, 11) is 0. The van der Waals surface area contributed by atoms with E-state index in [9.17, 15) is 0 Å². The second kappa shape index (κ2) is 5.09. The molecule has 0 radical (unpaired) electrons. The predicted molar refractivity (Wildman–Crippen MR) is 127 cm³/mol. The van der Waals surface area contributed by atoms with E-state index in [0.717, 1.165) is 12.8 Å². The van der Waals surface area contributed by atoms with Crippen molar-refractivity contribution in [1.29, 1.82) is 0 Å². The van der Waals surface area contributed by atoms with E-state index < -0.39 is 0 Å². The lowest BCUT2D eigenvalue weighted by molar-refractivity contribution is 1.15. The Labute approximate surface area is 174 Å². The first kappa shape index (κ1) is 15.2. The van der Waals surface area contributed by atoms with E-state index in [1.165, 1.54) is 76.8 Å². The van der Waals surface area contributed by atoms with E-state index in [1.54, 1.807) is 0 Å². The minimum atomic E-state index is 1.03. The monoisotopic (exact) mass is 378 g/mol. The second-order valence-corrected chi connectivity index (χ2v) is 8.92. The number of hydrogen-bond acceptors (Lipinski definition) is 0. The Hall–Kier alpha value is -3.64. The first-order valence-electron chi connectivity index (χ1n) is 10.8. The van der Waals surface area contributed by atoms with Crippen molar-refractivity contribution in [2.45, 2.75) is 12.8 Å². The average molecular weight is 378 g/mol. The van der Waals surface area contributed by atoms with Gasteiger partial charge in [-0.1, -0.05) is 72.8 Å². The maximum Gasteiger partial charge on any atom is -0.000853 e. The van der Waals surface area contributed by atoms with E-state index in [1.807, 2.05) is 0 Å². The Kier molecular flexibility index (Phi) is 2.59. The smallest absolute Gasteiger partial charge is 0.000853 e. The van der Waals surface area contributed by atoms with Gasteiger partial charge in [-0.3, -0.25) is 0 Å². The lowest BCUT2D eigenvalue weighted by Crippen LogP contribution is -2.07. The summed E-state index contributed by atoms with van der Waals surface area (Å²) in [4.78, 5) is 0. The molecule has 0 fully saturated rings. The summed E-state index contributed by atoms with van der Waals surface area (Å²) in [5, 5.41) is 8.62. The minimum absolute atomic E-state index is 1.03. The van der Waals surface area contributed by atoms with Crippen LogP contribution in [0.1, 0.15) is 22.3 Å². The van der Waals surface area contributed by atoms with Crippen LogP contribution in [0.15, 0.2) is 84.9 Å². The van der Waals surface area contributed by atoms with E-state index in [2.05, 4.69) is 84.9 Å². The molecule has 0 saturated carbocycles. The summed E-state index contributed by atoms with van der Waals surface area (Å²) in [6, 6.07) is 32.1. The van der Waals surface area contributed by atoms with Crippen molar-refractivity contribution in [3.05, 3.63) is 107 Å². The van der Waals surface area contributed by atoms with Crippen LogP contribution >= 0.6 is 0 Å². The van der Waals surface area contributed by atoms with Crippen LogP contribution in [0.3, 0.4) is 0 Å². The largest absolute Gasteiger partial charge is 0.0619 e. The van der Waals surface area contributed by atoms with Crippen LogP contribution in [0, 0.1) is 0 Å². The van der Waals surface area contributed by atoms with Gasteiger partial charge in [0.05, 0.1) is 0 Å². The SMILES string of the molecule is c1ccc2c(c1)Cc1cc3c4c(cc5cccc6cc-2c1c4c65)-c1ccccc1C3. The van der Waals surface area contributed by atoms with E-state index in [4.69, 9.17) is 0 Å². The van der Waals surface area contributed by atoms with Crippen LogP contribution in [0.25, 0.3) is 54.6 Å². The van der Waals surface area contributed by atoms with Gasteiger partial charge in [-0.25, -0.2) is 0 Å². The highest BCUT2D eigenvalue weighted by molar-refractivity contribution is 6.31. The zero-order chi connectivity index (χ0) is 19.4. The Morgan fingerprint density at radius 1 is 0.367 bits per heavy atom. The lowest BCUT2D eigenvalue weighted by atomic mass is 9.74. The average Bonchev–Trinajstić information content (AvgIpc) is 2.79. The fourth-order valence-electron chi connectivity index (χ4n) is 6.23. The fraction of sp³-hybridized carbons (Fsp3) is 0.0667. The molecular weight excluding hydrogens is 360 g/mol. The molecule has 2 aliphatic rings. The summed E-state index contributed by atoms with van der Waals surface area (Å²) < 4.78 is 0. The van der Waals surface area contributed by atoms with Gasteiger partial charge in [-0.05, 0) is 102 Å². The molecule has 0 atom stereocenters. The Balaban J connectivity index is 1.69. The summed E-state index contributed by atoms with van der Waals surface area (Å²) >= 11 is 0. The Bertz CT molecular complexity index is 1560. The third-order valence-electron chi connectivity index (χ3n) is 7.38. The van der Waals surface area contributed by atoms with Crippen LogP contribution < -0.4 is 0 Å². The molecule has 0 amide bonds. The summed E-state index contributed by atoms with van der Waals surface area (Å²) in [6.07, 6.45) is 2.06. The third kappa shape index (κ3) is 1.70. The molecule has 0 heteroatoms. The van der Waals surface area contributed by atoms with Crippen LogP contribution in [0.4, 0.5) is 0 Å². The Morgan fingerprint density at radius 2 is 0.900 bits per heavy atom. The first-order chi connectivity index (χ1) is 14.9. The molecule has 6 aromatic rings. The molecule has 0 N–H and O–H groups in total. The summed E-state index contributed by atoms with van der Waals surface area (Å²) in [5.41, 5.74) is 11.5. The molecule has 0 spiro atoms. The van der Waals surface area contributed by atoms with Crippen LogP contribution in [0.5, 0.6) is 0 Å². The van der Waals surface area contributed by atoms with Crippen molar-refractivity contribution < 1.29 is 0 Å². The van der Waals surface area contributed by atoms with Crippen molar-refractivity contribution in [2.24, 2.45) is 0 Å². The van der Waals surface area contributed by atoms with Gasteiger partial charge < -0.3 is 0 Å². The molecule has 8 rings (SSSR count). The molecule has 6 aromatic carbocycles. The highest BCUT2D eigenvalue weighted by Crippen LogP contribution is 2.51. The zero-order valence-electron chi connectivity index (χ0n) is 16.5. The van der Waals surface area contributed by atoms with Crippen molar-refractivity contribution in [1.82, 2.24) is 0 Å². The molecular formula is C30H18. The fourth-order valence-corrected chi connectivity index (χ4v) is 6.23. The summed E-state index contributed by atoms with van der Waals surface area (Å²) in [6.45, 7) is 0. The molecule has 0 heterocycles. The van der Waals surface area contributed by atoms with E-state index >= 15 is 0 Å². The van der Waals surface area contributed by atoms with Crippen LogP contribution in [-0.2, 0) is 12.8 Å². The molecule has 0 nitrogen and oxygen atoms in total. The van der Waals surface area contributed by atoms with Crippen LogP contribution in [-0.4, -0.2) is 0 Å². The van der Waals surface area contributed by atoms with Gasteiger partial charge in [-0.2, -0.15) is 0 Å². The van der Waals surface area contributed by atoms with Crippen molar-refractivity contribution in [3.63, 3.8) is 0 Å². The highest BCUT2D eigenvalue weighted by Gasteiger charge is 2.27. The lowest BCUT2D eigenvalue weighted by Gasteiger charge is -2.29. The number of rotatable bonds is 0. The Morgan fingerprint density at radius 3 is 1.47 bits per heavy atom. The van der Waals surface area contributed by atoms with Gasteiger partial charge >= 0.3 is 0 Å². The molecule has 2 aliphatic carbocycles. The third-order valence-corrected chi connectivity index (χ3v) is 7.38. The number of fused-ring (bicyclic) bond motifs is 4. The first-order valence-corrected chi connectivity index (χ1v) is 10.8. The zero-order valence-corrected chi connectivity index (χ0v) is 16.5. The van der Waals surface area contributed by atoms with Crippen molar-refractivity contribution >= 4 is 32.3 Å². The highest BCUT2D eigenvalue weighted by atomic mass is 14.3. The van der Waals surface area contributed by atoms with Gasteiger partial charge in [0.25, 0.3) is 0 Å². The molecule has 0 aliphatic heterocycles. The molecule has 138 valence electrons. The van der Waals surface area contributed by atoms with E-state index in [-0.39, 0.29) is 0 Å². The van der Waals surface area contributed by atoms with Gasteiger partial charge in [0.2, 0.25) is 0 Å². The minimum Gasteiger partial charge on any atom is -0.0619 e. The van der Waals surface area contributed by atoms with Gasteiger partial charge in [0.15, 0.2) is 0 Å². The number of benzene rings is 6. The molecule has 0 bridgehead atoms. The second-order valence-electron chi connectivity index (χ2n) is 8.92. The maximum atomic E-state index is 2.51. The quantitative estimate of drug-likeness (QED) is 0.237. The number of hydrogen-bond donors (Lipinski definition) is 0. The predicted octanol–water partition coefficient (Wildman–Crippen LogP) is 7.73.